The molecule has 3 N–H and O–H groups in total. The summed E-state index contributed by atoms with van der Waals surface area (Å²) < 4.78 is 5.55. The molecule has 33 heavy (non-hydrogen) atoms. The molecule has 0 unspecified atom stereocenters. The highest BCUT2D eigenvalue weighted by atomic mass is 16.5. The maximum atomic E-state index is 12.5. The third-order valence-corrected chi connectivity index (χ3v) is 5.63. The van der Waals surface area contributed by atoms with Crippen molar-refractivity contribution in [3.63, 3.8) is 0 Å². The molecular weight excluding hydrogens is 420 g/mol. The van der Waals surface area contributed by atoms with Gasteiger partial charge in [0, 0.05) is 11.6 Å². The number of fused-ring (bicyclic) bond motifs is 3. The summed E-state index contributed by atoms with van der Waals surface area (Å²) in [5, 5.41) is 14.0. The highest BCUT2D eigenvalue weighted by Gasteiger charge is 2.29. The van der Waals surface area contributed by atoms with E-state index in [9.17, 15) is 14.4 Å². The van der Waals surface area contributed by atoms with Crippen molar-refractivity contribution in [2.24, 2.45) is 0 Å². The summed E-state index contributed by atoms with van der Waals surface area (Å²) in [5.41, 5.74) is 5.71. The van der Waals surface area contributed by atoms with Crippen LogP contribution in [-0.4, -0.2) is 35.7 Å². The minimum atomic E-state index is -1.10. The summed E-state index contributed by atoms with van der Waals surface area (Å²) in [6, 6.07) is 22.1. The molecule has 0 saturated carbocycles. The number of carboxylic acids is 1. The molecule has 1 aliphatic carbocycles. The van der Waals surface area contributed by atoms with E-state index in [0.29, 0.717) is 11.3 Å². The van der Waals surface area contributed by atoms with Gasteiger partial charge in [0.05, 0.1) is 6.42 Å². The molecule has 2 amide bonds. The van der Waals surface area contributed by atoms with Crippen LogP contribution in [0.1, 0.15) is 29.5 Å². The summed E-state index contributed by atoms with van der Waals surface area (Å²) in [6.07, 6.45) is -0.587. The highest BCUT2D eigenvalue weighted by Crippen LogP contribution is 2.44. The fraction of sp³-hybridized carbons (Fsp3) is 0.192. The average Bonchev–Trinajstić information content (AvgIpc) is 3.11. The highest BCUT2D eigenvalue weighted by molar-refractivity contribution is 5.87. The van der Waals surface area contributed by atoms with Crippen molar-refractivity contribution in [2.45, 2.75) is 25.3 Å². The van der Waals surface area contributed by atoms with Crippen LogP contribution in [0.4, 0.5) is 10.5 Å². The van der Waals surface area contributed by atoms with Crippen molar-refractivity contribution >= 4 is 23.7 Å². The first-order chi connectivity index (χ1) is 15.9. The van der Waals surface area contributed by atoms with Gasteiger partial charge in [-0.2, -0.15) is 0 Å². The first-order valence-electron chi connectivity index (χ1n) is 10.7. The lowest BCUT2D eigenvalue weighted by Crippen LogP contribution is -2.39. The summed E-state index contributed by atoms with van der Waals surface area (Å²) >= 11 is 0. The molecule has 0 heterocycles. The van der Waals surface area contributed by atoms with Gasteiger partial charge in [-0.05, 0) is 46.9 Å². The smallest absolute Gasteiger partial charge is 0.411 e. The lowest BCUT2D eigenvalue weighted by molar-refractivity contribution is -0.141. The number of carbonyl (C=O) groups is 3. The van der Waals surface area contributed by atoms with E-state index in [0.717, 1.165) is 22.3 Å². The molecule has 0 aliphatic heterocycles. The zero-order valence-electron chi connectivity index (χ0n) is 18.1. The second-order valence-electron chi connectivity index (χ2n) is 7.96. The number of aliphatic carboxylic acids is 1. The van der Waals surface area contributed by atoms with Crippen LogP contribution in [0.15, 0.2) is 72.8 Å². The molecule has 7 nitrogen and oxygen atoms in total. The van der Waals surface area contributed by atoms with Crippen LogP contribution in [0.3, 0.4) is 0 Å². The molecule has 7 heteroatoms. The third kappa shape index (κ3) is 5.03. The van der Waals surface area contributed by atoms with Crippen molar-refractivity contribution in [3.8, 4) is 11.1 Å². The van der Waals surface area contributed by atoms with Crippen LogP contribution in [0.2, 0.25) is 0 Å². The largest absolute Gasteiger partial charge is 0.480 e. The van der Waals surface area contributed by atoms with Gasteiger partial charge in [0.25, 0.3) is 0 Å². The predicted octanol–water partition coefficient (Wildman–Crippen LogP) is 4.18. The third-order valence-electron chi connectivity index (χ3n) is 5.63. The summed E-state index contributed by atoms with van der Waals surface area (Å²) in [6.45, 7) is 1.60. The molecule has 0 spiro atoms. The van der Waals surface area contributed by atoms with Crippen LogP contribution < -0.4 is 10.6 Å². The number of anilines is 1. The van der Waals surface area contributed by atoms with E-state index < -0.39 is 24.0 Å². The molecule has 4 rings (SSSR count). The van der Waals surface area contributed by atoms with E-state index in [1.54, 1.807) is 24.3 Å². The monoisotopic (exact) mass is 444 g/mol. The maximum absolute atomic E-state index is 12.5. The zero-order valence-corrected chi connectivity index (χ0v) is 18.1. The van der Waals surface area contributed by atoms with E-state index in [-0.39, 0.29) is 18.9 Å². The number of benzene rings is 3. The first kappa shape index (κ1) is 22.1. The van der Waals surface area contributed by atoms with Gasteiger partial charge in [-0.1, -0.05) is 60.7 Å². The van der Waals surface area contributed by atoms with E-state index >= 15 is 0 Å². The Balaban J connectivity index is 1.37. The average molecular weight is 444 g/mol. The predicted molar refractivity (Wildman–Crippen MR) is 124 cm³/mol. The van der Waals surface area contributed by atoms with Gasteiger partial charge in [-0.15, -0.1) is 0 Å². The van der Waals surface area contributed by atoms with Gasteiger partial charge in [0.1, 0.15) is 12.6 Å². The van der Waals surface area contributed by atoms with Gasteiger partial charge >= 0.3 is 12.1 Å². The maximum Gasteiger partial charge on any atom is 0.411 e. The van der Waals surface area contributed by atoms with Crippen LogP contribution in [0.25, 0.3) is 11.1 Å². The minimum Gasteiger partial charge on any atom is -0.480 e. The fourth-order valence-electron chi connectivity index (χ4n) is 4.05. The van der Waals surface area contributed by atoms with E-state index in [1.165, 1.54) is 6.92 Å². The van der Waals surface area contributed by atoms with Crippen LogP contribution >= 0.6 is 0 Å². The van der Waals surface area contributed by atoms with Crippen molar-refractivity contribution in [1.29, 1.82) is 0 Å². The minimum absolute atomic E-state index is 0.00215. The van der Waals surface area contributed by atoms with Gasteiger partial charge < -0.3 is 15.2 Å². The molecule has 1 aliphatic rings. The number of rotatable bonds is 7. The van der Waals surface area contributed by atoms with Crippen LogP contribution in [-0.2, 0) is 20.7 Å². The molecule has 0 bridgehead atoms. The molecule has 3 aromatic rings. The second-order valence-corrected chi connectivity index (χ2v) is 7.96. The number of hydrogen-bond donors (Lipinski definition) is 3. The zero-order chi connectivity index (χ0) is 23.4. The SMILES string of the molecule is C[C@@H](NC(=O)Cc1cccc(NC(=O)OCC2c3ccccc3-c3ccccc32)c1)C(=O)O. The van der Waals surface area contributed by atoms with Gasteiger partial charge in [-0.25, -0.2) is 4.79 Å². The summed E-state index contributed by atoms with van der Waals surface area (Å²) in [4.78, 5) is 35.4. The first-order valence-corrected chi connectivity index (χ1v) is 10.7. The molecule has 1 atom stereocenters. The summed E-state index contributed by atoms with van der Waals surface area (Å²) in [5.74, 6) is -1.55. The second kappa shape index (κ2) is 9.56. The number of ether oxygens (including phenoxy) is 1. The fourth-order valence-corrected chi connectivity index (χ4v) is 4.05. The topological polar surface area (TPSA) is 105 Å². The van der Waals surface area contributed by atoms with Crippen LogP contribution in [0, 0.1) is 0 Å². The van der Waals surface area contributed by atoms with Crippen molar-refractivity contribution in [2.75, 3.05) is 11.9 Å². The van der Waals surface area contributed by atoms with Crippen molar-refractivity contribution in [3.05, 3.63) is 89.5 Å². The van der Waals surface area contributed by atoms with E-state index in [4.69, 9.17) is 9.84 Å². The number of carboxylic acid groups (broad SMARTS) is 1. The normalized spacial score (nSPS) is 12.9. The Kier molecular flexibility index (Phi) is 6.40. The Labute approximate surface area is 191 Å². The Morgan fingerprint density at radius 1 is 0.939 bits per heavy atom. The quantitative estimate of drug-likeness (QED) is 0.507. The standard InChI is InChI=1S/C26H24N2O5/c1-16(25(30)31)27-24(29)14-17-7-6-8-18(13-17)28-26(32)33-15-23-21-11-4-2-9-19(21)20-10-3-5-12-22(20)23/h2-13,16,23H,14-15H2,1H3,(H,27,29)(H,28,32)(H,30,31)/t16-/m1/s1. The number of amides is 2. The molecule has 0 saturated heterocycles. The van der Waals surface area contributed by atoms with Gasteiger partial charge in [0.15, 0.2) is 0 Å². The molecule has 0 fully saturated rings. The molecule has 0 radical (unpaired) electrons. The Morgan fingerprint density at radius 3 is 2.21 bits per heavy atom. The van der Waals surface area contributed by atoms with Crippen LogP contribution in [0.5, 0.6) is 0 Å². The van der Waals surface area contributed by atoms with Gasteiger partial charge in [0.2, 0.25) is 5.91 Å². The summed E-state index contributed by atoms with van der Waals surface area (Å²) in [7, 11) is 0. The lowest BCUT2D eigenvalue weighted by Gasteiger charge is -2.15. The van der Waals surface area contributed by atoms with Gasteiger partial charge in [-0.3, -0.25) is 14.9 Å². The molecule has 3 aromatic carbocycles. The van der Waals surface area contributed by atoms with E-state index in [1.807, 2.05) is 24.3 Å². The van der Waals surface area contributed by atoms with E-state index in [2.05, 4.69) is 34.9 Å². The van der Waals surface area contributed by atoms with Crippen molar-refractivity contribution < 1.29 is 24.2 Å². The molecule has 0 aromatic heterocycles. The number of hydrogen-bond acceptors (Lipinski definition) is 4. The lowest BCUT2D eigenvalue weighted by atomic mass is 9.98. The van der Waals surface area contributed by atoms with Crippen molar-refractivity contribution in [1.82, 2.24) is 5.32 Å². The number of carbonyl (C=O) groups excluding carboxylic acids is 2. The Bertz CT molecular complexity index is 1160. The molecule has 168 valence electrons. The molecular formula is C26H24N2O5. The number of nitrogens with one attached hydrogen (secondary N) is 2. The Morgan fingerprint density at radius 2 is 1.58 bits per heavy atom. The Hall–Kier alpha value is -4.13.